The van der Waals surface area contributed by atoms with Crippen LogP contribution in [0.2, 0.25) is 0 Å². The Hall–Kier alpha value is -5.00. The molecule has 0 saturated carbocycles. The zero-order valence-electron chi connectivity index (χ0n) is 22.9. The van der Waals surface area contributed by atoms with Crippen LogP contribution in [0.25, 0.3) is 11.3 Å². The fourth-order valence-corrected chi connectivity index (χ4v) is 4.34. The van der Waals surface area contributed by atoms with Crippen molar-refractivity contribution >= 4 is 35.0 Å². The van der Waals surface area contributed by atoms with E-state index in [9.17, 15) is 14.7 Å². The van der Waals surface area contributed by atoms with E-state index in [4.69, 9.17) is 9.47 Å². The van der Waals surface area contributed by atoms with Gasteiger partial charge in [0.2, 0.25) is 11.9 Å². The first-order valence-corrected chi connectivity index (χ1v) is 13.6. The molecule has 2 amide bonds. The van der Waals surface area contributed by atoms with Crippen LogP contribution in [0, 0.1) is 0 Å². The second kappa shape index (κ2) is 14.1. The SMILES string of the molecule is O=C(N[C@H](CO)C(=O)Nc1ccc(-c2ccnc(Nc3ccc(N4CCOCC4)cc3)n2)cc1)OCc1ccccc1. The summed E-state index contributed by atoms with van der Waals surface area (Å²) < 4.78 is 10.6. The number of carbonyl (C=O) groups is 2. The Morgan fingerprint density at radius 2 is 1.64 bits per heavy atom. The number of aromatic nitrogens is 2. The highest BCUT2D eigenvalue weighted by molar-refractivity contribution is 5.96. The standard InChI is InChI=1S/C31H32N6O5/c38-20-28(36-31(40)42-21-22-4-2-1-3-5-22)29(39)33-24-8-6-23(7-9-24)27-14-15-32-30(35-27)34-25-10-12-26(13-11-25)37-16-18-41-19-17-37/h1-15,28,38H,16-21H2,(H,33,39)(H,36,40)(H,32,34,35)/t28-/m1/s1. The van der Waals surface area contributed by atoms with E-state index in [1.165, 1.54) is 0 Å². The van der Waals surface area contributed by atoms with Crippen LogP contribution in [0.15, 0.2) is 91.1 Å². The normalized spacial score (nSPS) is 13.6. The molecule has 0 unspecified atom stereocenters. The van der Waals surface area contributed by atoms with Gasteiger partial charge in [-0.3, -0.25) is 4.79 Å². The maximum Gasteiger partial charge on any atom is 0.408 e. The van der Waals surface area contributed by atoms with E-state index in [0.717, 1.165) is 48.8 Å². The van der Waals surface area contributed by atoms with Crippen LogP contribution in [-0.4, -0.2) is 66.0 Å². The quantitative estimate of drug-likeness (QED) is 0.224. The third-order valence-corrected chi connectivity index (χ3v) is 6.61. The molecule has 4 N–H and O–H groups in total. The van der Waals surface area contributed by atoms with Crippen LogP contribution < -0.4 is 20.9 Å². The summed E-state index contributed by atoms with van der Waals surface area (Å²) >= 11 is 0. The number of rotatable bonds is 10. The van der Waals surface area contributed by atoms with Gasteiger partial charge in [0.25, 0.3) is 0 Å². The van der Waals surface area contributed by atoms with Crippen LogP contribution in [0.5, 0.6) is 0 Å². The Bertz CT molecular complexity index is 1460. The van der Waals surface area contributed by atoms with Gasteiger partial charge < -0.3 is 35.4 Å². The van der Waals surface area contributed by atoms with E-state index in [-0.39, 0.29) is 6.61 Å². The summed E-state index contributed by atoms with van der Waals surface area (Å²) in [5, 5.41) is 18.0. The van der Waals surface area contributed by atoms with Gasteiger partial charge in [0.15, 0.2) is 0 Å². The van der Waals surface area contributed by atoms with Gasteiger partial charge in [-0.2, -0.15) is 0 Å². The van der Waals surface area contributed by atoms with Crippen molar-refractivity contribution < 1.29 is 24.2 Å². The molecule has 11 heteroatoms. The number of morpholine rings is 1. The Morgan fingerprint density at radius 3 is 2.36 bits per heavy atom. The first-order valence-electron chi connectivity index (χ1n) is 13.6. The number of nitrogens with zero attached hydrogens (tertiary/aromatic N) is 3. The summed E-state index contributed by atoms with van der Waals surface area (Å²) in [7, 11) is 0. The zero-order chi connectivity index (χ0) is 29.1. The molecule has 1 saturated heterocycles. The predicted octanol–water partition coefficient (Wildman–Crippen LogP) is 3.95. The molecule has 1 fully saturated rings. The van der Waals surface area contributed by atoms with Crippen LogP contribution in [0.4, 0.5) is 27.8 Å². The van der Waals surface area contributed by atoms with Crippen molar-refractivity contribution in [3.05, 3.63) is 96.7 Å². The molecular formula is C31H32N6O5. The molecule has 42 heavy (non-hydrogen) atoms. The van der Waals surface area contributed by atoms with E-state index in [1.54, 1.807) is 24.4 Å². The molecule has 1 aliphatic rings. The minimum absolute atomic E-state index is 0.0510. The molecule has 216 valence electrons. The van der Waals surface area contributed by atoms with E-state index in [1.807, 2.05) is 54.6 Å². The van der Waals surface area contributed by atoms with E-state index in [2.05, 4.69) is 43.0 Å². The molecule has 3 aromatic carbocycles. The van der Waals surface area contributed by atoms with Gasteiger partial charge in [0.05, 0.1) is 25.5 Å². The molecule has 1 aromatic heterocycles. The monoisotopic (exact) mass is 568 g/mol. The van der Waals surface area contributed by atoms with Crippen LogP contribution in [0.1, 0.15) is 5.56 Å². The lowest BCUT2D eigenvalue weighted by Gasteiger charge is -2.28. The van der Waals surface area contributed by atoms with Crippen molar-refractivity contribution in [1.82, 2.24) is 15.3 Å². The number of alkyl carbamates (subject to hydrolysis) is 1. The van der Waals surface area contributed by atoms with Gasteiger partial charge in [-0.1, -0.05) is 42.5 Å². The average Bonchev–Trinajstić information content (AvgIpc) is 3.04. The predicted molar refractivity (Wildman–Crippen MR) is 159 cm³/mol. The highest BCUT2D eigenvalue weighted by Crippen LogP contribution is 2.23. The Morgan fingerprint density at radius 1 is 0.929 bits per heavy atom. The topological polar surface area (TPSA) is 138 Å². The first-order chi connectivity index (χ1) is 20.6. The number of anilines is 4. The maximum absolute atomic E-state index is 12.7. The Kier molecular flexibility index (Phi) is 9.55. The molecule has 5 rings (SSSR count). The summed E-state index contributed by atoms with van der Waals surface area (Å²) in [5.41, 5.74) is 4.85. The third kappa shape index (κ3) is 7.80. The van der Waals surface area contributed by atoms with Crippen molar-refractivity contribution in [2.45, 2.75) is 12.6 Å². The number of amides is 2. The van der Waals surface area contributed by atoms with Gasteiger partial charge in [0.1, 0.15) is 12.6 Å². The molecule has 0 bridgehead atoms. The molecule has 2 heterocycles. The van der Waals surface area contributed by atoms with Crippen molar-refractivity contribution in [2.75, 3.05) is 48.4 Å². The number of aliphatic hydroxyl groups is 1. The summed E-state index contributed by atoms with van der Waals surface area (Å²) in [6.45, 7) is 2.69. The van der Waals surface area contributed by atoms with Gasteiger partial charge in [0, 0.05) is 41.9 Å². The third-order valence-electron chi connectivity index (χ3n) is 6.61. The fraction of sp³-hybridized carbons (Fsp3) is 0.226. The van der Waals surface area contributed by atoms with E-state index >= 15 is 0 Å². The molecule has 0 spiro atoms. The lowest BCUT2D eigenvalue weighted by Crippen LogP contribution is -2.46. The number of ether oxygens (including phenoxy) is 2. The molecule has 0 radical (unpaired) electrons. The highest BCUT2D eigenvalue weighted by Gasteiger charge is 2.21. The lowest BCUT2D eigenvalue weighted by atomic mass is 10.1. The minimum Gasteiger partial charge on any atom is -0.445 e. The number of hydrogen-bond donors (Lipinski definition) is 4. The van der Waals surface area contributed by atoms with E-state index in [0.29, 0.717) is 17.3 Å². The molecule has 1 aliphatic heterocycles. The highest BCUT2D eigenvalue weighted by atomic mass is 16.5. The smallest absolute Gasteiger partial charge is 0.408 e. The molecule has 1 atom stereocenters. The van der Waals surface area contributed by atoms with E-state index < -0.39 is 24.6 Å². The fourth-order valence-electron chi connectivity index (χ4n) is 4.34. The Labute approximate surface area is 243 Å². The zero-order valence-corrected chi connectivity index (χ0v) is 22.9. The van der Waals surface area contributed by atoms with Gasteiger partial charge in [-0.25, -0.2) is 14.8 Å². The number of benzene rings is 3. The van der Waals surface area contributed by atoms with Gasteiger partial charge in [-0.15, -0.1) is 0 Å². The van der Waals surface area contributed by atoms with Gasteiger partial charge in [-0.05, 0) is 48.0 Å². The van der Waals surface area contributed by atoms with Crippen molar-refractivity contribution in [2.24, 2.45) is 0 Å². The molecule has 0 aliphatic carbocycles. The van der Waals surface area contributed by atoms with Crippen molar-refractivity contribution in [3.63, 3.8) is 0 Å². The summed E-state index contributed by atoms with van der Waals surface area (Å²) in [6.07, 6.45) is 0.876. The second-order valence-corrected chi connectivity index (χ2v) is 9.54. The van der Waals surface area contributed by atoms with Gasteiger partial charge >= 0.3 is 6.09 Å². The Balaban J connectivity index is 1.14. The summed E-state index contributed by atoms with van der Waals surface area (Å²) in [4.78, 5) is 36.0. The number of hydrogen-bond acceptors (Lipinski definition) is 9. The van der Waals surface area contributed by atoms with Crippen LogP contribution in [0.3, 0.4) is 0 Å². The largest absolute Gasteiger partial charge is 0.445 e. The molecule has 11 nitrogen and oxygen atoms in total. The molecule has 4 aromatic rings. The number of aliphatic hydroxyl groups excluding tert-OH is 1. The summed E-state index contributed by atoms with van der Waals surface area (Å²) in [5.74, 6) is -0.116. The minimum atomic E-state index is -1.17. The lowest BCUT2D eigenvalue weighted by molar-refractivity contribution is -0.118. The van der Waals surface area contributed by atoms with Crippen LogP contribution >= 0.6 is 0 Å². The van der Waals surface area contributed by atoms with Crippen LogP contribution in [-0.2, 0) is 20.9 Å². The molecular weight excluding hydrogens is 536 g/mol. The first kappa shape index (κ1) is 28.5. The summed E-state index contributed by atoms with van der Waals surface area (Å²) in [6, 6.07) is 25.0. The second-order valence-electron chi connectivity index (χ2n) is 9.54. The maximum atomic E-state index is 12.7. The van der Waals surface area contributed by atoms with Crippen molar-refractivity contribution in [1.29, 1.82) is 0 Å². The van der Waals surface area contributed by atoms with Crippen molar-refractivity contribution in [3.8, 4) is 11.3 Å². The average molecular weight is 569 g/mol. The number of nitrogens with one attached hydrogen (secondary N) is 3. The number of carbonyl (C=O) groups excluding carboxylic acids is 2.